The number of carbonyl (C=O) groups is 1. The minimum atomic E-state index is -1.11. The maximum Gasteiger partial charge on any atom is 0.337 e. The predicted octanol–water partition coefficient (Wildman–Crippen LogP) is 5.35. The van der Waals surface area contributed by atoms with E-state index in [1.165, 1.54) is 12.1 Å². The van der Waals surface area contributed by atoms with Crippen molar-refractivity contribution in [3.8, 4) is 28.4 Å². The van der Waals surface area contributed by atoms with Crippen molar-refractivity contribution in [2.75, 3.05) is 19.6 Å². The van der Waals surface area contributed by atoms with E-state index in [1.54, 1.807) is 31.2 Å². The van der Waals surface area contributed by atoms with Crippen molar-refractivity contribution in [3.63, 3.8) is 0 Å². The smallest absolute Gasteiger partial charge is 0.337 e. The largest absolute Gasteiger partial charge is 0.493 e. The normalized spacial score (nSPS) is 10.9. The Morgan fingerprint density at radius 2 is 1.82 bits per heavy atom. The number of hydrogen-bond acceptors (Lipinski definition) is 6. The van der Waals surface area contributed by atoms with E-state index in [2.05, 4.69) is 10.5 Å². The van der Waals surface area contributed by atoms with Crippen LogP contribution in [0, 0.1) is 0 Å². The standard InChI is InChI=1S/C25H21ClN4O4/c1-33-22-11-8-16(12-23(22)34-2)24-17(15-30(29-24)19-6-4-3-5-7-19)14-27-28-18-9-10-21(26)20(13-18)25(31)32/h3-15,28H,1-2H3,(H,31,32)/b27-14+. The summed E-state index contributed by atoms with van der Waals surface area (Å²) in [6, 6.07) is 19.8. The number of ether oxygens (including phenoxy) is 2. The lowest BCUT2D eigenvalue weighted by Crippen LogP contribution is -1.99. The molecule has 8 nitrogen and oxygen atoms in total. The number of hydrazone groups is 1. The van der Waals surface area contributed by atoms with Crippen molar-refractivity contribution in [3.05, 3.63) is 89.1 Å². The number of methoxy groups -OCH3 is 2. The highest BCUT2D eigenvalue weighted by Gasteiger charge is 2.14. The molecule has 0 atom stereocenters. The van der Waals surface area contributed by atoms with E-state index in [1.807, 2.05) is 54.7 Å². The number of para-hydroxylation sites is 1. The van der Waals surface area contributed by atoms with Crippen molar-refractivity contribution >= 4 is 29.5 Å². The maximum atomic E-state index is 11.3. The zero-order valence-electron chi connectivity index (χ0n) is 18.4. The molecule has 0 aliphatic heterocycles. The number of carboxylic acid groups (broad SMARTS) is 1. The SMILES string of the molecule is COc1ccc(-c2nn(-c3ccccc3)cc2/C=N/Nc2ccc(Cl)c(C(=O)O)c2)cc1OC. The second kappa shape index (κ2) is 10.1. The minimum Gasteiger partial charge on any atom is -0.493 e. The maximum absolute atomic E-state index is 11.3. The van der Waals surface area contributed by atoms with Gasteiger partial charge in [0, 0.05) is 17.3 Å². The van der Waals surface area contributed by atoms with Crippen molar-refractivity contribution in [2.24, 2.45) is 5.10 Å². The van der Waals surface area contributed by atoms with Gasteiger partial charge in [-0.05, 0) is 48.5 Å². The van der Waals surface area contributed by atoms with E-state index in [-0.39, 0.29) is 10.6 Å². The Labute approximate surface area is 201 Å². The van der Waals surface area contributed by atoms with Crippen LogP contribution < -0.4 is 14.9 Å². The molecule has 0 radical (unpaired) electrons. The Balaban J connectivity index is 1.71. The number of nitrogens with zero attached hydrogens (tertiary/aromatic N) is 3. The van der Waals surface area contributed by atoms with E-state index >= 15 is 0 Å². The second-order valence-corrected chi connectivity index (χ2v) is 7.56. The van der Waals surface area contributed by atoms with E-state index < -0.39 is 5.97 Å². The number of rotatable bonds is 8. The lowest BCUT2D eigenvalue weighted by molar-refractivity contribution is 0.0697. The first-order chi connectivity index (χ1) is 16.5. The van der Waals surface area contributed by atoms with Crippen LogP contribution >= 0.6 is 11.6 Å². The molecule has 34 heavy (non-hydrogen) atoms. The van der Waals surface area contributed by atoms with Crippen LogP contribution in [-0.4, -0.2) is 41.3 Å². The molecule has 9 heteroatoms. The molecule has 4 rings (SSSR count). The molecule has 0 saturated heterocycles. The summed E-state index contributed by atoms with van der Waals surface area (Å²) in [6.07, 6.45) is 3.48. The molecular weight excluding hydrogens is 456 g/mol. The molecule has 172 valence electrons. The zero-order chi connectivity index (χ0) is 24.1. The number of aromatic carboxylic acids is 1. The molecule has 0 aliphatic carbocycles. The Morgan fingerprint density at radius 1 is 1.06 bits per heavy atom. The fourth-order valence-corrected chi connectivity index (χ4v) is 3.54. The highest BCUT2D eigenvalue weighted by atomic mass is 35.5. The van der Waals surface area contributed by atoms with Gasteiger partial charge < -0.3 is 14.6 Å². The third kappa shape index (κ3) is 4.87. The van der Waals surface area contributed by atoms with Gasteiger partial charge in [-0.1, -0.05) is 29.8 Å². The summed E-state index contributed by atoms with van der Waals surface area (Å²) in [6.45, 7) is 0. The van der Waals surface area contributed by atoms with Gasteiger partial charge in [0.2, 0.25) is 0 Å². The Morgan fingerprint density at radius 3 is 2.53 bits per heavy atom. The van der Waals surface area contributed by atoms with Gasteiger partial charge in [0.25, 0.3) is 0 Å². The summed E-state index contributed by atoms with van der Waals surface area (Å²) in [5.74, 6) is 0.0812. The van der Waals surface area contributed by atoms with E-state index in [0.717, 1.165) is 16.8 Å². The molecule has 2 N–H and O–H groups in total. The van der Waals surface area contributed by atoms with Crippen LogP contribution in [0.4, 0.5) is 5.69 Å². The van der Waals surface area contributed by atoms with Gasteiger partial charge >= 0.3 is 5.97 Å². The predicted molar refractivity (Wildman–Crippen MR) is 132 cm³/mol. The fourth-order valence-electron chi connectivity index (χ4n) is 3.34. The third-order valence-corrected chi connectivity index (χ3v) is 5.34. The summed E-state index contributed by atoms with van der Waals surface area (Å²) in [5, 5.41) is 18.5. The van der Waals surface area contributed by atoms with E-state index in [0.29, 0.717) is 22.9 Å². The highest BCUT2D eigenvalue weighted by molar-refractivity contribution is 6.33. The number of aromatic nitrogens is 2. The first-order valence-electron chi connectivity index (χ1n) is 10.2. The van der Waals surface area contributed by atoms with E-state index in [4.69, 9.17) is 26.2 Å². The Kier molecular flexibility index (Phi) is 6.79. The van der Waals surface area contributed by atoms with Crippen LogP contribution in [0.5, 0.6) is 11.5 Å². The number of halogens is 1. The molecule has 0 fully saturated rings. The van der Waals surface area contributed by atoms with Crippen LogP contribution in [0.3, 0.4) is 0 Å². The molecule has 0 aliphatic rings. The van der Waals surface area contributed by atoms with Crippen LogP contribution in [0.1, 0.15) is 15.9 Å². The van der Waals surface area contributed by atoms with Gasteiger partial charge in [-0.25, -0.2) is 9.48 Å². The minimum absolute atomic E-state index is 0.00946. The number of anilines is 1. The molecular formula is C25H21ClN4O4. The number of carboxylic acids is 1. The molecule has 1 heterocycles. The molecule has 3 aromatic carbocycles. The summed E-state index contributed by atoms with van der Waals surface area (Å²) >= 11 is 5.94. The van der Waals surface area contributed by atoms with Crippen LogP contribution in [0.2, 0.25) is 5.02 Å². The number of nitrogens with one attached hydrogen (secondary N) is 1. The number of benzene rings is 3. The molecule has 0 unspecified atom stereocenters. The summed E-state index contributed by atoms with van der Waals surface area (Å²) < 4.78 is 12.5. The lowest BCUT2D eigenvalue weighted by atomic mass is 10.1. The molecule has 0 saturated carbocycles. The zero-order valence-corrected chi connectivity index (χ0v) is 19.2. The van der Waals surface area contributed by atoms with Crippen LogP contribution in [-0.2, 0) is 0 Å². The fraction of sp³-hybridized carbons (Fsp3) is 0.0800. The van der Waals surface area contributed by atoms with E-state index in [9.17, 15) is 9.90 Å². The molecule has 1 aromatic heterocycles. The second-order valence-electron chi connectivity index (χ2n) is 7.15. The quantitative estimate of drug-likeness (QED) is 0.262. The molecule has 4 aromatic rings. The van der Waals surface area contributed by atoms with Crippen molar-refractivity contribution in [1.82, 2.24) is 9.78 Å². The van der Waals surface area contributed by atoms with Crippen LogP contribution in [0.25, 0.3) is 16.9 Å². The summed E-state index contributed by atoms with van der Waals surface area (Å²) in [4.78, 5) is 11.3. The Bertz CT molecular complexity index is 1350. The topological polar surface area (TPSA) is 98.0 Å². The first-order valence-corrected chi connectivity index (χ1v) is 10.6. The third-order valence-electron chi connectivity index (χ3n) is 5.01. The first kappa shape index (κ1) is 22.9. The van der Waals surface area contributed by atoms with Crippen LogP contribution in [0.15, 0.2) is 78.0 Å². The highest BCUT2D eigenvalue weighted by Crippen LogP contribution is 2.33. The number of hydrogen-bond donors (Lipinski definition) is 2. The lowest BCUT2D eigenvalue weighted by Gasteiger charge is -2.09. The molecule has 0 amide bonds. The monoisotopic (exact) mass is 476 g/mol. The van der Waals surface area contributed by atoms with Gasteiger partial charge in [-0.2, -0.15) is 10.2 Å². The average molecular weight is 477 g/mol. The molecule has 0 spiro atoms. The van der Waals surface area contributed by atoms with Gasteiger partial charge in [-0.15, -0.1) is 0 Å². The Hall–Kier alpha value is -4.30. The van der Waals surface area contributed by atoms with Gasteiger partial charge in [0.15, 0.2) is 11.5 Å². The van der Waals surface area contributed by atoms with Crippen molar-refractivity contribution < 1.29 is 19.4 Å². The average Bonchev–Trinajstić information content (AvgIpc) is 3.29. The van der Waals surface area contributed by atoms with Crippen molar-refractivity contribution in [1.29, 1.82) is 0 Å². The van der Waals surface area contributed by atoms with Gasteiger partial charge in [0.05, 0.1) is 42.4 Å². The van der Waals surface area contributed by atoms with Gasteiger partial charge in [0.1, 0.15) is 5.69 Å². The molecule has 0 bridgehead atoms. The van der Waals surface area contributed by atoms with Gasteiger partial charge in [-0.3, -0.25) is 5.43 Å². The van der Waals surface area contributed by atoms with Crippen molar-refractivity contribution in [2.45, 2.75) is 0 Å². The summed E-state index contributed by atoms with van der Waals surface area (Å²) in [5.41, 5.74) is 6.44. The summed E-state index contributed by atoms with van der Waals surface area (Å²) in [7, 11) is 3.16.